The van der Waals surface area contributed by atoms with Crippen LogP contribution in [0.3, 0.4) is 0 Å². The van der Waals surface area contributed by atoms with Crippen molar-refractivity contribution in [2.24, 2.45) is 7.05 Å². The van der Waals surface area contributed by atoms with Crippen LogP contribution < -0.4 is 5.56 Å². The minimum Gasteiger partial charge on any atom is -0.337 e. The lowest BCUT2D eigenvalue weighted by molar-refractivity contribution is 0.364. The largest absolute Gasteiger partial charge is 0.337 e. The maximum Gasteiger partial charge on any atom is 0.281 e. The van der Waals surface area contributed by atoms with Gasteiger partial charge < -0.3 is 4.52 Å². The Morgan fingerprint density at radius 3 is 2.81 bits per heavy atom. The molecule has 3 heterocycles. The Morgan fingerprint density at radius 2 is 2.00 bits per heavy atom. The van der Waals surface area contributed by atoms with Crippen molar-refractivity contribution in [3.05, 3.63) is 63.2 Å². The summed E-state index contributed by atoms with van der Waals surface area (Å²) in [5, 5.41) is 12.3. The third-order valence-electron chi connectivity index (χ3n) is 3.96. The van der Waals surface area contributed by atoms with E-state index in [0.717, 1.165) is 12.0 Å². The first-order valence-corrected chi connectivity index (χ1v) is 8.28. The first kappa shape index (κ1) is 16.4. The molecule has 26 heavy (non-hydrogen) atoms. The average Bonchev–Trinajstić information content (AvgIpc) is 3.24. The molecule has 0 atom stereocenters. The summed E-state index contributed by atoms with van der Waals surface area (Å²) in [6, 6.07) is 7.63. The van der Waals surface area contributed by atoms with Gasteiger partial charge >= 0.3 is 0 Å². The van der Waals surface area contributed by atoms with Crippen molar-refractivity contribution in [1.29, 1.82) is 0 Å². The zero-order valence-corrected chi connectivity index (χ0v) is 14.6. The molecule has 10 heteroatoms. The van der Waals surface area contributed by atoms with Crippen LogP contribution in [0.1, 0.15) is 17.3 Å². The number of aryl methyl sites for hydroxylation is 3. The highest BCUT2D eigenvalue weighted by molar-refractivity contribution is 6.30. The Bertz CT molecular complexity index is 1110. The number of fused-ring (bicyclic) bond motifs is 1. The molecule has 0 aliphatic heterocycles. The molecule has 0 fully saturated rings. The summed E-state index contributed by atoms with van der Waals surface area (Å²) >= 11 is 5.88. The lowest BCUT2D eigenvalue weighted by atomic mass is 10.1. The van der Waals surface area contributed by atoms with Gasteiger partial charge in [-0.2, -0.15) is 4.98 Å². The third-order valence-corrected chi connectivity index (χ3v) is 4.21. The van der Waals surface area contributed by atoms with Crippen molar-refractivity contribution < 1.29 is 4.52 Å². The molecule has 0 saturated heterocycles. The number of hydrogen-bond donors (Lipinski definition) is 0. The van der Waals surface area contributed by atoms with E-state index in [1.165, 1.54) is 15.6 Å². The Balaban J connectivity index is 1.48. The van der Waals surface area contributed by atoms with Crippen molar-refractivity contribution in [2.75, 3.05) is 0 Å². The molecule has 3 aromatic heterocycles. The van der Waals surface area contributed by atoms with E-state index in [1.807, 2.05) is 24.3 Å². The second-order valence-corrected chi connectivity index (χ2v) is 6.23. The van der Waals surface area contributed by atoms with E-state index >= 15 is 0 Å². The second kappa shape index (κ2) is 6.68. The first-order chi connectivity index (χ1) is 12.6. The molecule has 0 N–H and O–H groups in total. The maximum atomic E-state index is 12.5. The Kier molecular flexibility index (Phi) is 4.21. The van der Waals surface area contributed by atoms with Crippen LogP contribution in [0.25, 0.3) is 11.2 Å². The molecule has 0 aliphatic carbocycles. The van der Waals surface area contributed by atoms with Gasteiger partial charge in [-0.25, -0.2) is 9.67 Å². The summed E-state index contributed by atoms with van der Waals surface area (Å²) in [7, 11) is 1.64. The summed E-state index contributed by atoms with van der Waals surface area (Å²) < 4.78 is 8.03. The molecule has 0 spiro atoms. The molecular weight excluding hydrogens is 358 g/mol. The van der Waals surface area contributed by atoms with Gasteiger partial charge in [0.15, 0.2) is 11.3 Å². The SMILES string of the molecule is Cn1nnc2ncn(Cc3nc(CCc4ccc(Cl)cc4)no3)c(=O)c21. The van der Waals surface area contributed by atoms with Gasteiger partial charge in [0.1, 0.15) is 12.9 Å². The van der Waals surface area contributed by atoms with Gasteiger partial charge in [-0.15, -0.1) is 5.10 Å². The Morgan fingerprint density at radius 1 is 1.19 bits per heavy atom. The van der Waals surface area contributed by atoms with Gasteiger partial charge in [0.05, 0.1) is 0 Å². The molecule has 4 aromatic rings. The van der Waals surface area contributed by atoms with Crippen molar-refractivity contribution in [1.82, 2.24) is 34.7 Å². The number of hydrogen-bond acceptors (Lipinski definition) is 7. The number of rotatable bonds is 5. The van der Waals surface area contributed by atoms with Gasteiger partial charge in [-0.1, -0.05) is 34.1 Å². The summed E-state index contributed by atoms with van der Waals surface area (Å²) in [6.45, 7) is 0.140. The van der Waals surface area contributed by atoms with Gasteiger partial charge in [-0.3, -0.25) is 9.36 Å². The highest BCUT2D eigenvalue weighted by Gasteiger charge is 2.13. The van der Waals surface area contributed by atoms with E-state index in [9.17, 15) is 4.79 Å². The Hall–Kier alpha value is -3.07. The number of aromatic nitrogens is 7. The van der Waals surface area contributed by atoms with E-state index in [2.05, 4.69) is 25.4 Å². The molecule has 0 radical (unpaired) electrons. The first-order valence-electron chi connectivity index (χ1n) is 7.91. The van der Waals surface area contributed by atoms with E-state index < -0.39 is 0 Å². The van der Waals surface area contributed by atoms with Crippen LogP contribution in [0, 0.1) is 0 Å². The van der Waals surface area contributed by atoms with Gasteiger partial charge in [0.25, 0.3) is 5.56 Å². The molecule has 0 bridgehead atoms. The van der Waals surface area contributed by atoms with Crippen LogP contribution in [-0.2, 0) is 26.4 Å². The summed E-state index contributed by atoms with van der Waals surface area (Å²) in [6.07, 6.45) is 2.80. The van der Waals surface area contributed by atoms with Crippen LogP contribution >= 0.6 is 11.6 Å². The molecule has 132 valence electrons. The van der Waals surface area contributed by atoms with Crippen molar-refractivity contribution in [3.63, 3.8) is 0 Å². The zero-order chi connectivity index (χ0) is 18.1. The topological polar surface area (TPSA) is 105 Å². The van der Waals surface area contributed by atoms with Crippen LogP contribution in [0.2, 0.25) is 5.02 Å². The van der Waals surface area contributed by atoms with E-state index in [1.54, 1.807) is 7.05 Å². The van der Waals surface area contributed by atoms with Crippen LogP contribution in [0.15, 0.2) is 39.9 Å². The smallest absolute Gasteiger partial charge is 0.281 e. The predicted molar refractivity (Wildman–Crippen MR) is 92.8 cm³/mol. The normalized spacial score (nSPS) is 11.3. The minimum absolute atomic E-state index is 0.140. The highest BCUT2D eigenvalue weighted by Crippen LogP contribution is 2.11. The van der Waals surface area contributed by atoms with Gasteiger partial charge in [-0.05, 0) is 24.1 Å². The monoisotopic (exact) mass is 371 g/mol. The molecule has 0 amide bonds. The van der Waals surface area contributed by atoms with Crippen molar-refractivity contribution >= 4 is 22.8 Å². The fourth-order valence-electron chi connectivity index (χ4n) is 2.60. The van der Waals surface area contributed by atoms with E-state index in [-0.39, 0.29) is 12.1 Å². The molecule has 1 aromatic carbocycles. The third kappa shape index (κ3) is 3.21. The van der Waals surface area contributed by atoms with Crippen LogP contribution in [-0.4, -0.2) is 34.7 Å². The minimum atomic E-state index is -0.261. The lowest BCUT2D eigenvalue weighted by Gasteiger charge is -2.01. The van der Waals surface area contributed by atoms with Gasteiger partial charge in [0.2, 0.25) is 11.5 Å². The maximum absolute atomic E-state index is 12.5. The molecule has 0 saturated carbocycles. The van der Waals surface area contributed by atoms with Crippen molar-refractivity contribution in [2.45, 2.75) is 19.4 Å². The predicted octanol–water partition coefficient (Wildman–Crippen LogP) is 1.39. The quantitative estimate of drug-likeness (QED) is 0.522. The second-order valence-electron chi connectivity index (χ2n) is 5.79. The fourth-order valence-corrected chi connectivity index (χ4v) is 2.73. The fraction of sp³-hybridized carbons (Fsp3) is 0.250. The number of benzene rings is 1. The van der Waals surface area contributed by atoms with Crippen LogP contribution in [0.5, 0.6) is 0 Å². The number of halogens is 1. The van der Waals surface area contributed by atoms with E-state index in [0.29, 0.717) is 34.3 Å². The van der Waals surface area contributed by atoms with Gasteiger partial charge in [0, 0.05) is 18.5 Å². The molecule has 4 rings (SSSR count). The highest BCUT2D eigenvalue weighted by atomic mass is 35.5. The number of nitrogens with zero attached hydrogens (tertiary/aromatic N) is 7. The Labute approximate surface area is 152 Å². The summed E-state index contributed by atoms with van der Waals surface area (Å²) in [4.78, 5) is 20.9. The molecular formula is C16H14ClN7O2. The molecule has 0 aliphatic rings. The van der Waals surface area contributed by atoms with Crippen LogP contribution in [0.4, 0.5) is 0 Å². The molecule has 9 nitrogen and oxygen atoms in total. The summed E-state index contributed by atoms with van der Waals surface area (Å²) in [5.74, 6) is 0.925. The summed E-state index contributed by atoms with van der Waals surface area (Å²) in [5.41, 5.74) is 1.51. The standard InChI is InChI=1S/C16H14ClN7O2/c1-23-14-15(20-22-23)18-9-24(16(14)25)8-13-19-12(21-26-13)7-4-10-2-5-11(17)6-3-10/h2-3,5-6,9H,4,7-8H2,1H3. The van der Waals surface area contributed by atoms with E-state index in [4.69, 9.17) is 16.1 Å². The molecule has 0 unspecified atom stereocenters. The van der Waals surface area contributed by atoms with Crippen molar-refractivity contribution in [3.8, 4) is 0 Å². The lowest BCUT2D eigenvalue weighted by Crippen LogP contribution is -2.22. The zero-order valence-electron chi connectivity index (χ0n) is 13.8. The average molecular weight is 372 g/mol.